The molecule has 4 atom stereocenters. The molecule has 0 bridgehead atoms. The van der Waals surface area contributed by atoms with Gasteiger partial charge < -0.3 is 35.2 Å². The minimum Gasteiger partial charge on any atom is -0.394 e. The number of H-pyrrole nitrogens is 1. The Bertz CT molecular complexity index is 903. The van der Waals surface area contributed by atoms with Crippen LogP contribution in [0.25, 0.3) is 10.9 Å². The fraction of sp³-hybridized carbons (Fsp3) is 0.565. The molecule has 0 aliphatic heterocycles. The van der Waals surface area contributed by atoms with Crippen LogP contribution in [0.2, 0.25) is 0 Å². The van der Waals surface area contributed by atoms with Crippen molar-refractivity contribution in [3.8, 4) is 0 Å². The number of benzene rings is 1. The van der Waals surface area contributed by atoms with Gasteiger partial charge >= 0.3 is 0 Å². The number of para-hydroxylation sites is 1. The normalized spacial score (nSPS) is 16.4. The van der Waals surface area contributed by atoms with Gasteiger partial charge in [0.15, 0.2) is 6.61 Å². The Hall–Kier alpha value is -2.46. The predicted molar refractivity (Wildman–Crippen MR) is 122 cm³/mol. The lowest BCUT2D eigenvalue weighted by molar-refractivity contribution is -0.126. The fourth-order valence-corrected chi connectivity index (χ4v) is 3.58. The highest BCUT2D eigenvalue weighted by Crippen LogP contribution is 2.25. The van der Waals surface area contributed by atoms with Crippen molar-refractivity contribution in [3.05, 3.63) is 36.0 Å². The first kappa shape index (κ1) is 25.8. The average Bonchev–Trinajstić information content (AvgIpc) is 3.14. The number of nitrogens with one attached hydrogen (secondary N) is 2. The van der Waals surface area contributed by atoms with Gasteiger partial charge in [0.05, 0.1) is 18.8 Å². The number of hydrogen-bond donors (Lipinski definition) is 5. The summed E-state index contributed by atoms with van der Waals surface area (Å²) in [6.07, 6.45) is -0.740. The number of methoxy groups -OCH3 is 1. The van der Waals surface area contributed by atoms with E-state index >= 15 is 0 Å². The number of aromatic nitrogens is 1. The van der Waals surface area contributed by atoms with E-state index in [1.807, 2.05) is 51.2 Å². The van der Waals surface area contributed by atoms with Gasteiger partial charge in [0, 0.05) is 24.2 Å². The van der Waals surface area contributed by atoms with Gasteiger partial charge in [-0.25, -0.2) is 0 Å². The van der Waals surface area contributed by atoms with Crippen molar-refractivity contribution in [3.63, 3.8) is 0 Å². The van der Waals surface area contributed by atoms with Crippen LogP contribution < -0.4 is 5.32 Å². The zero-order chi connectivity index (χ0) is 23.9. The second-order valence-corrected chi connectivity index (χ2v) is 8.97. The summed E-state index contributed by atoms with van der Waals surface area (Å²) in [5.74, 6) is -0.469. The highest BCUT2D eigenvalue weighted by Gasteiger charge is 2.35. The van der Waals surface area contributed by atoms with Crippen LogP contribution in [0, 0.1) is 5.41 Å². The smallest absolute Gasteiger partial charge is 0.261 e. The van der Waals surface area contributed by atoms with E-state index in [0.29, 0.717) is 6.42 Å². The molecule has 178 valence electrons. The molecule has 1 heterocycles. The maximum absolute atomic E-state index is 12.4. The molecule has 32 heavy (non-hydrogen) atoms. The van der Waals surface area contributed by atoms with Crippen molar-refractivity contribution in [2.24, 2.45) is 10.6 Å². The Balaban J connectivity index is 2.02. The predicted octanol–water partition coefficient (Wildman–Crippen LogP) is 1.36. The Kier molecular flexibility index (Phi) is 9.21. The van der Waals surface area contributed by atoms with Gasteiger partial charge in [-0.1, -0.05) is 44.1 Å². The molecule has 5 N–H and O–H groups in total. The van der Waals surface area contributed by atoms with Gasteiger partial charge in [0.2, 0.25) is 0 Å². The molecule has 0 fully saturated rings. The van der Waals surface area contributed by atoms with Crippen molar-refractivity contribution in [2.45, 2.75) is 58.5 Å². The molecule has 1 amide bonds. The van der Waals surface area contributed by atoms with E-state index < -0.39 is 42.3 Å². The zero-order valence-corrected chi connectivity index (χ0v) is 19.3. The first-order valence-corrected chi connectivity index (χ1v) is 10.6. The SMILES string of the molecule is CO[C@H](/C(=N/OCC(=O)N[C@H](CO)Cc1c[nH]c2ccccc12)[C@@H](O)[C@@H](C)O)C(C)(C)C. The van der Waals surface area contributed by atoms with Gasteiger partial charge in [-0.2, -0.15) is 0 Å². The molecule has 0 aliphatic rings. The van der Waals surface area contributed by atoms with Gasteiger partial charge in [-0.05, 0) is 30.4 Å². The van der Waals surface area contributed by atoms with Gasteiger partial charge in [0.25, 0.3) is 5.91 Å². The monoisotopic (exact) mass is 449 g/mol. The number of hydrogen-bond acceptors (Lipinski definition) is 7. The van der Waals surface area contributed by atoms with Crippen LogP contribution in [0.5, 0.6) is 0 Å². The molecule has 0 saturated heterocycles. The van der Waals surface area contributed by atoms with E-state index in [9.17, 15) is 20.1 Å². The quantitative estimate of drug-likeness (QED) is 0.260. The van der Waals surface area contributed by atoms with Crippen molar-refractivity contribution < 1.29 is 29.7 Å². The van der Waals surface area contributed by atoms with E-state index in [0.717, 1.165) is 16.5 Å². The number of carbonyl (C=O) groups is 1. The van der Waals surface area contributed by atoms with Crippen LogP contribution in [0.4, 0.5) is 0 Å². The summed E-state index contributed by atoms with van der Waals surface area (Å²) in [6, 6.07) is 7.30. The van der Waals surface area contributed by atoms with Gasteiger partial charge in [-0.3, -0.25) is 4.79 Å². The average molecular weight is 450 g/mol. The first-order valence-electron chi connectivity index (χ1n) is 10.6. The third-order valence-electron chi connectivity index (χ3n) is 5.14. The van der Waals surface area contributed by atoms with Crippen LogP contribution in [-0.2, 0) is 20.8 Å². The molecule has 0 radical (unpaired) electrons. The molecule has 0 spiro atoms. The Labute approximate surface area is 188 Å². The maximum atomic E-state index is 12.4. The van der Waals surface area contributed by atoms with Crippen LogP contribution in [-0.4, -0.2) is 76.6 Å². The molecule has 2 aromatic rings. The number of aliphatic hydroxyl groups excluding tert-OH is 3. The fourth-order valence-electron chi connectivity index (χ4n) is 3.58. The molecule has 0 aliphatic carbocycles. The van der Waals surface area contributed by atoms with Crippen molar-refractivity contribution in [2.75, 3.05) is 20.3 Å². The molecule has 2 rings (SSSR count). The topological polar surface area (TPSA) is 136 Å². The summed E-state index contributed by atoms with van der Waals surface area (Å²) in [5, 5.41) is 37.6. The molecular weight excluding hydrogens is 414 g/mol. The number of rotatable bonds is 11. The Morgan fingerprint density at radius 3 is 2.53 bits per heavy atom. The number of aliphatic hydroxyl groups is 3. The molecule has 9 nitrogen and oxygen atoms in total. The lowest BCUT2D eigenvalue weighted by Crippen LogP contribution is -2.46. The van der Waals surface area contributed by atoms with Crippen molar-refractivity contribution in [1.29, 1.82) is 0 Å². The van der Waals surface area contributed by atoms with Gasteiger partial charge in [-0.15, -0.1) is 0 Å². The number of carbonyl (C=O) groups excluding carboxylic acids is 1. The second kappa shape index (κ2) is 11.4. The summed E-state index contributed by atoms with van der Waals surface area (Å²) < 4.78 is 5.46. The van der Waals surface area contributed by atoms with E-state index in [1.165, 1.54) is 14.0 Å². The second-order valence-electron chi connectivity index (χ2n) is 8.97. The molecule has 1 aromatic heterocycles. The molecule has 0 saturated carbocycles. The molecule has 9 heteroatoms. The van der Waals surface area contributed by atoms with Crippen LogP contribution in [0.15, 0.2) is 35.6 Å². The van der Waals surface area contributed by atoms with Crippen LogP contribution >= 0.6 is 0 Å². The Morgan fingerprint density at radius 2 is 1.94 bits per heavy atom. The third kappa shape index (κ3) is 6.77. The highest BCUT2D eigenvalue weighted by atomic mass is 16.6. The largest absolute Gasteiger partial charge is 0.394 e. The minimum absolute atomic E-state index is 0.0975. The highest BCUT2D eigenvalue weighted by molar-refractivity contribution is 5.93. The number of aromatic amines is 1. The number of amides is 1. The molecule has 0 unspecified atom stereocenters. The van der Waals surface area contributed by atoms with Gasteiger partial charge in [0.1, 0.15) is 17.9 Å². The maximum Gasteiger partial charge on any atom is 0.261 e. The molecular formula is C23H35N3O6. The van der Waals surface area contributed by atoms with Crippen molar-refractivity contribution >= 4 is 22.5 Å². The number of nitrogens with zero attached hydrogens (tertiary/aromatic N) is 1. The van der Waals surface area contributed by atoms with E-state index in [2.05, 4.69) is 15.5 Å². The number of oxime groups is 1. The third-order valence-corrected chi connectivity index (χ3v) is 5.14. The van der Waals surface area contributed by atoms with E-state index in [4.69, 9.17) is 9.57 Å². The zero-order valence-electron chi connectivity index (χ0n) is 19.3. The summed E-state index contributed by atoms with van der Waals surface area (Å²) >= 11 is 0. The lowest BCUT2D eigenvalue weighted by Gasteiger charge is -2.32. The summed E-state index contributed by atoms with van der Waals surface area (Å²) in [5.41, 5.74) is 1.63. The minimum atomic E-state index is -1.31. The summed E-state index contributed by atoms with van der Waals surface area (Å²) in [6.45, 7) is 6.47. The lowest BCUT2D eigenvalue weighted by atomic mass is 9.83. The summed E-state index contributed by atoms with van der Waals surface area (Å²) in [4.78, 5) is 20.7. The van der Waals surface area contributed by atoms with Crippen LogP contribution in [0.1, 0.15) is 33.3 Å². The van der Waals surface area contributed by atoms with Crippen LogP contribution in [0.3, 0.4) is 0 Å². The first-order chi connectivity index (χ1) is 15.1. The van der Waals surface area contributed by atoms with Crippen molar-refractivity contribution in [1.82, 2.24) is 10.3 Å². The number of fused-ring (bicyclic) bond motifs is 1. The number of ether oxygens (including phenoxy) is 1. The standard InChI is InChI=1S/C23H35N3O6/c1-14(28)21(30)20(22(31-5)23(2,3)4)26-32-13-19(29)25-16(12-27)10-15-11-24-18-9-7-6-8-17(15)18/h6-9,11,14,16,21-22,24,27-28,30H,10,12-13H2,1-5H3,(H,25,29)/b26-20+/t14-,16+,21+,22-/m1/s1. The summed E-state index contributed by atoms with van der Waals surface area (Å²) in [7, 11) is 1.48. The molecule has 1 aromatic carbocycles. The Morgan fingerprint density at radius 1 is 1.25 bits per heavy atom. The van der Waals surface area contributed by atoms with E-state index in [1.54, 1.807) is 0 Å². The van der Waals surface area contributed by atoms with E-state index in [-0.39, 0.29) is 12.3 Å².